The molecular formula is C14H26N2. The number of nitrogens with two attached hydrogens (primary N) is 1. The molecule has 0 amide bonds. The van der Waals surface area contributed by atoms with Gasteiger partial charge in [-0.2, -0.15) is 0 Å². The monoisotopic (exact) mass is 222 g/mol. The predicted octanol–water partition coefficient (Wildman–Crippen LogP) is 2.57. The lowest BCUT2D eigenvalue weighted by Crippen LogP contribution is -2.55. The van der Waals surface area contributed by atoms with Crippen LogP contribution >= 0.6 is 0 Å². The minimum absolute atomic E-state index is 0.314. The van der Waals surface area contributed by atoms with Crippen molar-refractivity contribution in [3.8, 4) is 0 Å². The van der Waals surface area contributed by atoms with Crippen LogP contribution in [0.2, 0.25) is 0 Å². The average Bonchev–Trinajstić information content (AvgIpc) is 3.01. The molecule has 3 N–H and O–H groups in total. The quantitative estimate of drug-likeness (QED) is 0.770. The minimum Gasteiger partial charge on any atom is -0.329 e. The summed E-state index contributed by atoms with van der Waals surface area (Å²) in [5.41, 5.74) is 7.09. The molecule has 3 rings (SSSR count). The van der Waals surface area contributed by atoms with Gasteiger partial charge in [0.15, 0.2) is 0 Å². The summed E-state index contributed by atoms with van der Waals surface area (Å²) in [4.78, 5) is 0. The van der Waals surface area contributed by atoms with Crippen LogP contribution in [-0.2, 0) is 0 Å². The Labute approximate surface area is 99.4 Å². The van der Waals surface area contributed by atoms with E-state index in [1.54, 1.807) is 0 Å². The maximum atomic E-state index is 6.04. The molecule has 92 valence electrons. The van der Waals surface area contributed by atoms with Gasteiger partial charge in [0.1, 0.15) is 0 Å². The molecule has 0 aromatic heterocycles. The molecular weight excluding hydrogens is 196 g/mol. The summed E-state index contributed by atoms with van der Waals surface area (Å²) in [5, 5.41) is 3.84. The standard InChI is InChI=1S/C14H26N2/c15-11-14(16-12-3-4-12)9-7-13(8-10-14)5-1-2-6-13/h12,16H,1-11,15H2. The minimum atomic E-state index is 0.314. The van der Waals surface area contributed by atoms with Crippen molar-refractivity contribution in [1.82, 2.24) is 5.32 Å². The van der Waals surface area contributed by atoms with Crippen molar-refractivity contribution in [1.29, 1.82) is 0 Å². The zero-order chi connectivity index (χ0) is 11.1. The first-order valence-electron chi connectivity index (χ1n) is 7.24. The third kappa shape index (κ3) is 2.02. The molecule has 0 heterocycles. The molecule has 0 aromatic rings. The third-order valence-electron chi connectivity index (χ3n) is 5.41. The van der Waals surface area contributed by atoms with Crippen LogP contribution in [0.5, 0.6) is 0 Å². The second-order valence-corrected chi connectivity index (χ2v) is 6.61. The molecule has 16 heavy (non-hydrogen) atoms. The van der Waals surface area contributed by atoms with Crippen molar-refractivity contribution in [3.05, 3.63) is 0 Å². The summed E-state index contributed by atoms with van der Waals surface area (Å²) in [5.74, 6) is 0. The molecule has 3 fully saturated rings. The molecule has 0 saturated heterocycles. The van der Waals surface area contributed by atoms with E-state index in [1.165, 1.54) is 64.2 Å². The Balaban J connectivity index is 1.62. The Hall–Kier alpha value is -0.0800. The molecule has 3 saturated carbocycles. The van der Waals surface area contributed by atoms with E-state index in [2.05, 4.69) is 5.32 Å². The zero-order valence-corrected chi connectivity index (χ0v) is 10.4. The first-order valence-corrected chi connectivity index (χ1v) is 7.24. The van der Waals surface area contributed by atoms with Crippen molar-refractivity contribution >= 4 is 0 Å². The van der Waals surface area contributed by atoms with Crippen molar-refractivity contribution in [2.75, 3.05) is 6.54 Å². The third-order valence-corrected chi connectivity index (χ3v) is 5.41. The lowest BCUT2D eigenvalue weighted by atomic mass is 9.66. The van der Waals surface area contributed by atoms with Gasteiger partial charge in [0.2, 0.25) is 0 Å². The fraction of sp³-hybridized carbons (Fsp3) is 1.00. The Kier molecular flexibility index (Phi) is 2.75. The van der Waals surface area contributed by atoms with Crippen LogP contribution in [-0.4, -0.2) is 18.1 Å². The highest BCUT2D eigenvalue weighted by atomic mass is 15.1. The summed E-state index contributed by atoms with van der Waals surface area (Å²) in [7, 11) is 0. The zero-order valence-electron chi connectivity index (χ0n) is 10.4. The number of rotatable bonds is 3. The SMILES string of the molecule is NCC1(NC2CC2)CCC2(CCCC2)CC1. The Morgan fingerprint density at radius 1 is 0.938 bits per heavy atom. The van der Waals surface area contributed by atoms with Gasteiger partial charge >= 0.3 is 0 Å². The largest absolute Gasteiger partial charge is 0.329 e. The smallest absolute Gasteiger partial charge is 0.0306 e. The Bertz CT molecular complexity index is 241. The van der Waals surface area contributed by atoms with Crippen LogP contribution in [0.1, 0.15) is 64.2 Å². The number of hydrogen-bond acceptors (Lipinski definition) is 2. The lowest BCUT2D eigenvalue weighted by molar-refractivity contribution is 0.113. The summed E-state index contributed by atoms with van der Waals surface area (Å²) < 4.78 is 0. The van der Waals surface area contributed by atoms with Crippen molar-refractivity contribution in [3.63, 3.8) is 0 Å². The Morgan fingerprint density at radius 3 is 2.06 bits per heavy atom. The van der Waals surface area contributed by atoms with Gasteiger partial charge in [-0.1, -0.05) is 12.8 Å². The summed E-state index contributed by atoms with van der Waals surface area (Å²) >= 11 is 0. The number of hydrogen-bond donors (Lipinski definition) is 2. The molecule has 2 heteroatoms. The predicted molar refractivity (Wildman–Crippen MR) is 67.3 cm³/mol. The highest BCUT2D eigenvalue weighted by Crippen LogP contribution is 2.51. The lowest BCUT2D eigenvalue weighted by Gasteiger charge is -2.45. The summed E-state index contributed by atoms with van der Waals surface area (Å²) in [6.45, 7) is 0.847. The summed E-state index contributed by atoms with van der Waals surface area (Å²) in [6, 6.07) is 0.807. The second kappa shape index (κ2) is 3.99. The highest BCUT2D eigenvalue weighted by molar-refractivity contribution is 5.03. The van der Waals surface area contributed by atoms with Gasteiger partial charge < -0.3 is 11.1 Å². The second-order valence-electron chi connectivity index (χ2n) is 6.61. The normalized spacial score (nSPS) is 32.1. The van der Waals surface area contributed by atoms with E-state index in [-0.39, 0.29) is 0 Å². The van der Waals surface area contributed by atoms with Gasteiger partial charge in [0.25, 0.3) is 0 Å². The molecule has 3 aliphatic carbocycles. The van der Waals surface area contributed by atoms with Crippen LogP contribution < -0.4 is 11.1 Å². The van der Waals surface area contributed by atoms with Gasteiger partial charge in [-0.15, -0.1) is 0 Å². The molecule has 0 aromatic carbocycles. The van der Waals surface area contributed by atoms with Crippen LogP contribution in [0.4, 0.5) is 0 Å². The van der Waals surface area contributed by atoms with Gasteiger partial charge in [-0.05, 0) is 56.8 Å². The average molecular weight is 222 g/mol. The first kappa shape index (κ1) is 11.0. The Morgan fingerprint density at radius 2 is 1.56 bits per heavy atom. The summed E-state index contributed by atoms with van der Waals surface area (Å²) in [6.07, 6.45) is 14.2. The molecule has 2 nitrogen and oxygen atoms in total. The van der Waals surface area contributed by atoms with Crippen molar-refractivity contribution in [2.24, 2.45) is 11.1 Å². The van der Waals surface area contributed by atoms with Gasteiger partial charge in [-0.25, -0.2) is 0 Å². The van der Waals surface area contributed by atoms with Crippen LogP contribution in [0.3, 0.4) is 0 Å². The first-order chi connectivity index (χ1) is 7.76. The van der Waals surface area contributed by atoms with E-state index in [9.17, 15) is 0 Å². The topological polar surface area (TPSA) is 38.0 Å². The fourth-order valence-electron chi connectivity index (χ4n) is 3.95. The molecule has 0 atom stereocenters. The maximum Gasteiger partial charge on any atom is 0.0306 e. The van der Waals surface area contributed by atoms with Crippen LogP contribution in [0, 0.1) is 5.41 Å². The van der Waals surface area contributed by atoms with E-state index in [4.69, 9.17) is 5.73 Å². The molecule has 0 unspecified atom stereocenters. The van der Waals surface area contributed by atoms with Crippen LogP contribution in [0.25, 0.3) is 0 Å². The van der Waals surface area contributed by atoms with Gasteiger partial charge in [0, 0.05) is 18.1 Å². The van der Waals surface area contributed by atoms with Gasteiger partial charge in [0.05, 0.1) is 0 Å². The van der Waals surface area contributed by atoms with E-state index >= 15 is 0 Å². The van der Waals surface area contributed by atoms with E-state index in [1.807, 2.05) is 0 Å². The van der Waals surface area contributed by atoms with Crippen molar-refractivity contribution < 1.29 is 0 Å². The van der Waals surface area contributed by atoms with E-state index in [0.29, 0.717) is 5.54 Å². The van der Waals surface area contributed by atoms with E-state index < -0.39 is 0 Å². The molecule has 0 bridgehead atoms. The van der Waals surface area contributed by atoms with Gasteiger partial charge in [-0.3, -0.25) is 0 Å². The molecule has 0 radical (unpaired) electrons. The maximum absolute atomic E-state index is 6.04. The number of nitrogens with one attached hydrogen (secondary N) is 1. The highest BCUT2D eigenvalue weighted by Gasteiger charge is 2.44. The molecule has 0 aliphatic heterocycles. The van der Waals surface area contributed by atoms with Crippen molar-refractivity contribution in [2.45, 2.75) is 75.8 Å². The van der Waals surface area contributed by atoms with Crippen LogP contribution in [0.15, 0.2) is 0 Å². The molecule has 1 spiro atoms. The van der Waals surface area contributed by atoms with E-state index in [0.717, 1.165) is 18.0 Å². The fourth-order valence-corrected chi connectivity index (χ4v) is 3.95. The molecule has 3 aliphatic rings.